The molecule has 130 valence electrons. The third kappa shape index (κ3) is 4.18. The molecule has 1 N–H and O–H groups in total. The van der Waals surface area contributed by atoms with Gasteiger partial charge in [-0.05, 0) is 24.1 Å². The number of carbonyl (C=O) groups is 1. The maximum atomic E-state index is 12.0. The van der Waals surface area contributed by atoms with E-state index in [1.165, 1.54) is 5.56 Å². The lowest BCUT2D eigenvalue weighted by molar-refractivity contribution is -0.121. The van der Waals surface area contributed by atoms with Gasteiger partial charge in [0.25, 0.3) is 0 Å². The molecule has 0 aliphatic heterocycles. The van der Waals surface area contributed by atoms with Crippen LogP contribution in [0.3, 0.4) is 0 Å². The number of hydrogen-bond donors (Lipinski definition) is 1. The quantitative estimate of drug-likeness (QED) is 0.721. The Morgan fingerprint density at radius 2 is 1.96 bits per heavy atom. The van der Waals surface area contributed by atoms with Crippen LogP contribution in [0.1, 0.15) is 17.8 Å². The second-order valence-electron chi connectivity index (χ2n) is 6.03. The van der Waals surface area contributed by atoms with Gasteiger partial charge in [0.15, 0.2) is 0 Å². The molecule has 0 unspecified atom stereocenters. The molecule has 25 heavy (non-hydrogen) atoms. The molecule has 5 heteroatoms. The van der Waals surface area contributed by atoms with E-state index in [4.69, 9.17) is 4.74 Å². The number of aryl methyl sites for hydroxylation is 2. The number of methoxy groups -OCH3 is 1. The standard InChI is InChI=1S/C20H23N3O2/c1-23-18-10-9-16(25-2)14-17(18)22-19(23)12-13-21-20(24)11-8-15-6-4-3-5-7-15/h3-7,9-10,14H,8,11-13H2,1-2H3,(H,21,24). The molecule has 5 nitrogen and oxygen atoms in total. The number of rotatable bonds is 7. The molecule has 0 atom stereocenters. The van der Waals surface area contributed by atoms with Gasteiger partial charge in [0, 0.05) is 32.5 Å². The zero-order valence-corrected chi connectivity index (χ0v) is 14.7. The lowest BCUT2D eigenvalue weighted by Crippen LogP contribution is -2.26. The fourth-order valence-corrected chi connectivity index (χ4v) is 2.88. The molecule has 0 saturated carbocycles. The topological polar surface area (TPSA) is 56.1 Å². The lowest BCUT2D eigenvalue weighted by atomic mass is 10.1. The first-order chi connectivity index (χ1) is 12.2. The van der Waals surface area contributed by atoms with Crippen LogP contribution < -0.4 is 10.1 Å². The van der Waals surface area contributed by atoms with E-state index in [1.54, 1.807) is 7.11 Å². The normalized spacial score (nSPS) is 10.8. The molecule has 0 bridgehead atoms. The number of ether oxygens (including phenoxy) is 1. The van der Waals surface area contributed by atoms with E-state index < -0.39 is 0 Å². The summed E-state index contributed by atoms with van der Waals surface area (Å²) in [7, 11) is 3.64. The average Bonchev–Trinajstić information content (AvgIpc) is 2.96. The van der Waals surface area contributed by atoms with Gasteiger partial charge in [-0.15, -0.1) is 0 Å². The van der Waals surface area contributed by atoms with Crippen molar-refractivity contribution in [3.8, 4) is 5.75 Å². The molecule has 3 rings (SSSR count). The molecule has 1 amide bonds. The van der Waals surface area contributed by atoms with Gasteiger partial charge in [-0.2, -0.15) is 0 Å². The lowest BCUT2D eigenvalue weighted by Gasteiger charge is -2.06. The van der Waals surface area contributed by atoms with Gasteiger partial charge in [0.2, 0.25) is 5.91 Å². The highest BCUT2D eigenvalue weighted by molar-refractivity contribution is 5.78. The van der Waals surface area contributed by atoms with Gasteiger partial charge >= 0.3 is 0 Å². The molecule has 2 aromatic carbocycles. The molecule has 0 saturated heterocycles. The number of carbonyl (C=O) groups excluding carboxylic acids is 1. The van der Waals surface area contributed by atoms with E-state index in [0.717, 1.165) is 29.0 Å². The van der Waals surface area contributed by atoms with Crippen LogP contribution in [-0.2, 0) is 24.7 Å². The van der Waals surface area contributed by atoms with E-state index in [9.17, 15) is 4.79 Å². The van der Waals surface area contributed by atoms with Crippen molar-refractivity contribution in [1.82, 2.24) is 14.9 Å². The molecule has 0 fully saturated rings. The Hall–Kier alpha value is -2.82. The van der Waals surface area contributed by atoms with Crippen molar-refractivity contribution in [2.45, 2.75) is 19.3 Å². The largest absolute Gasteiger partial charge is 0.497 e. The minimum atomic E-state index is 0.0734. The van der Waals surface area contributed by atoms with Crippen molar-refractivity contribution >= 4 is 16.9 Å². The Morgan fingerprint density at radius 1 is 1.16 bits per heavy atom. The van der Waals surface area contributed by atoms with Crippen molar-refractivity contribution < 1.29 is 9.53 Å². The van der Waals surface area contributed by atoms with Crippen LogP contribution in [0.2, 0.25) is 0 Å². The summed E-state index contributed by atoms with van der Waals surface area (Å²) in [6.07, 6.45) is 1.97. The zero-order chi connectivity index (χ0) is 17.6. The van der Waals surface area contributed by atoms with Crippen molar-refractivity contribution in [3.63, 3.8) is 0 Å². The SMILES string of the molecule is COc1ccc2c(c1)nc(CCNC(=O)CCc1ccccc1)n2C. The molecular formula is C20H23N3O2. The number of nitrogens with one attached hydrogen (secondary N) is 1. The Labute approximate surface area is 147 Å². The van der Waals surface area contributed by atoms with Gasteiger partial charge in [0.1, 0.15) is 11.6 Å². The third-order valence-corrected chi connectivity index (χ3v) is 4.33. The van der Waals surface area contributed by atoms with Crippen LogP contribution in [-0.4, -0.2) is 29.1 Å². The smallest absolute Gasteiger partial charge is 0.220 e. The highest BCUT2D eigenvalue weighted by Crippen LogP contribution is 2.20. The van der Waals surface area contributed by atoms with Crippen LogP contribution in [0, 0.1) is 0 Å². The highest BCUT2D eigenvalue weighted by atomic mass is 16.5. The second kappa shape index (κ2) is 7.83. The Bertz CT molecular complexity index is 856. The maximum absolute atomic E-state index is 12.0. The van der Waals surface area contributed by atoms with E-state index in [2.05, 4.69) is 14.9 Å². The van der Waals surface area contributed by atoms with Gasteiger partial charge < -0.3 is 14.6 Å². The number of benzene rings is 2. The predicted molar refractivity (Wildman–Crippen MR) is 98.7 cm³/mol. The second-order valence-corrected chi connectivity index (χ2v) is 6.03. The summed E-state index contributed by atoms with van der Waals surface area (Å²) in [5.41, 5.74) is 3.15. The van der Waals surface area contributed by atoms with Gasteiger partial charge in [-0.3, -0.25) is 4.79 Å². The number of hydrogen-bond acceptors (Lipinski definition) is 3. The first kappa shape index (κ1) is 17.0. The molecule has 0 aliphatic carbocycles. The van der Waals surface area contributed by atoms with Crippen molar-refractivity contribution in [3.05, 3.63) is 59.9 Å². The van der Waals surface area contributed by atoms with Gasteiger partial charge in [0.05, 0.1) is 18.1 Å². The summed E-state index contributed by atoms with van der Waals surface area (Å²) in [5, 5.41) is 2.98. The number of imidazole rings is 1. The molecule has 1 heterocycles. The predicted octanol–water partition coefficient (Wildman–Crippen LogP) is 2.87. The van der Waals surface area contributed by atoms with Crippen molar-refractivity contribution in [2.24, 2.45) is 7.05 Å². The van der Waals surface area contributed by atoms with Crippen LogP contribution in [0.25, 0.3) is 11.0 Å². The number of aromatic nitrogens is 2. The summed E-state index contributed by atoms with van der Waals surface area (Å²) in [4.78, 5) is 16.6. The van der Waals surface area contributed by atoms with Crippen molar-refractivity contribution in [2.75, 3.05) is 13.7 Å². The molecule has 0 aliphatic rings. The van der Waals surface area contributed by atoms with Crippen LogP contribution >= 0.6 is 0 Å². The third-order valence-electron chi connectivity index (χ3n) is 4.33. The van der Waals surface area contributed by atoms with Gasteiger partial charge in [-0.25, -0.2) is 4.98 Å². The fourth-order valence-electron chi connectivity index (χ4n) is 2.88. The van der Waals surface area contributed by atoms with Crippen LogP contribution in [0.5, 0.6) is 5.75 Å². The van der Waals surface area contributed by atoms with Crippen LogP contribution in [0.15, 0.2) is 48.5 Å². The van der Waals surface area contributed by atoms with Gasteiger partial charge in [-0.1, -0.05) is 30.3 Å². The Morgan fingerprint density at radius 3 is 2.72 bits per heavy atom. The van der Waals surface area contributed by atoms with E-state index in [0.29, 0.717) is 19.4 Å². The van der Waals surface area contributed by atoms with E-state index in [1.807, 2.05) is 55.6 Å². The molecule has 0 radical (unpaired) electrons. The van der Waals surface area contributed by atoms with E-state index >= 15 is 0 Å². The molecule has 0 spiro atoms. The summed E-state index contributed by atoms with van der Waals surface area (Å²) in [6.45, 7) is 0.585. The number of amides is 1. The Balaban J connectivity index is 1.52. The highest BCUT2D eigenvalue weighted by Gasteiger charge is 2.09. The Kier molecular flexibility index (Phi) is 5.33. The fraction of sp³-hybridized carbons (Fsp3) is 0.300. The maximum Gasteiger partial charge on any atom is 0.220 e. The zero-order valence-electron chi connectivity index (χ0n) is 14.7. The van der Waals surface area contributed by atoms with E-state index in [-0.39, 0.29) is 5.91 Å². The summed E-state index contributed by atoms with van der Waals surface area (Å²) >= 11 is 0. The first-order valence-corrected chi connectivity index (χ1v) is 8.47. The minimum Gasteiger partial charge on any atom is -0.497 e. The summed E-state index contributed by atoms with van der Waals surface area (Å²) in [5.74, 6) is 1.82. The monoisotopic (exact) mass is 337 g/mol. The number of fused-ring (bicyclic) bond motifs is 1. The first-order valence-electron chi connectivity index (χ1n) is 8.47. The van der Waals surface area contributed by atoms with Crippen molar-refractivity contribution in [1.29, 1.82) is 0 Å². The average molecular weight is 337 g/mol. The molecule has 1 aromatic heterocycles. The molecular weight excluding hydrogens is 314 g/mol. The summed E-state index contributed by atoms with van der Waals surface area (Å²) < 4.78 is 7.30. The van der Waals surface area contributed by atoms with Crippen LogP contribution in [0.4, 0.5) is 0 Å². The minimum absolute atomic E-state index is 0.0734. The number of nitrogens with zero attached hydrogens (tertiary/aromatic N) is 2. The molecule has 3 aromatic rings. The summed E-state index contributed by atoms with van der Waals surface area (Å²) in [6, 6.07) is 15.9.